The van der Waals surface area contributed by atoms with Gasteiger partial charge in [-0.2, -0.15) is 0 Å². The van der Waals surface area contributed by atoms with Crippen LogP contribution in [-0.2, 0) is 0 Å². The maximum absolute atomic E-state index is 2.33. The molecule has 8 rings (SSSR count). The third-order valence-corrected chi connectivity index (χ3v) is 9.95. The number of hydrogen-bond donors (Lipinski definition) is 0. The van der Waals surface area contributed by atoms with E-state index in [0.29, 0.717) is 0 Å². The first-order valence-electron chi connectivity index (χ1n) is 18.0. The van der Waals surface area contributed by atoms with Crippen LogP contribution in [0.1, 0.15) is 22.3 Å². The summed E-state index contributed by atoms with van der Waals surface area (Å²) in [4.78, 5) is 4.66. The van der Waals surface area contributed by atoms with E-state index in [-0.39, 0.29) is 0 Å². The van der Waals surface area contributed by atoms with Gasteiger partial charge in [-0.15, -0.1) is 0 Å². The maximum atomic E-state index is 2.33. The second-order valence-corrected chi connectivity index (χ2v) is 13.8. The molecule has 0 amide bonds. The van der Waals surface area contributed by atoms with Crippen LogP contribution in [0.4, 0.5) is 34.1 Å². The van der Waals surface area contributed by atoms with E-state index >= 15 is 0 Å². The SMILES string of the molecule is Cc1ccc(N(c2ccc(C)cc2)c2ccc(-c3cccc4cccc(-c5ccc(N(c6ccc(C)cc6)c6ccc(C)cc6)cc5)c34)cc2)cc1. The Kier molecular flexibility index (Phi) is 8.89. The molecule has 0 radical (unpaired) electrons. The normalized spacial score (nSPS) is 11.1. The second kappa shape index (κ2) is 14.1. The Hall–Kier alpha value is -6.38. The quantitative estimate of drug-likeness (QED) is 0.159. The van der Waals surface area contributed by atoms with Gasteiger partial charge in [0.15, 0.2) is 0 Å². The lowest BCUT2D eigenvalue weighted by Gasteiger charge is -2.26. The van der Waals surface area contributed by atoms with E-state index in [1.807, 2.05) is 0 Å². The van der Waals surface area contributed by atoms with Gasteiger partial charge < -0.3 is 9.80 Å². The highest BCUT2D eigenvalue weighted by Gasteiger charge is 2.16. The molecule has 0 spiro atoms. The summed E-state index contributed by atoms with van der Waals surface area (Å²) in [6.07, 6.45) is 0. The minimum atomic E-state index is 1.12. The van der Waals surface area contributed by atoms with Crippen molar-refractivity contribution in [1.29, 1.82) is 0 Å². The van der Waals surface area contributed by atoms with Gasteiger partial charge in [0.1, 0.15) is 0 Å². The molecule has 0 saturated heterocycles. The van der Waals surface area contributed by atoms with Gasteiger partial charge in [0.2, 0.25) is 0 Å². The fourth-order valence-corrected chi connectivity index (χ4v) is 7.07. The number of benzene rings is 8. The summed E-state index contributed by atoms with van der Waals surface area (Å²) in [5.74, 6) is 0. The maximum Gasteiger partial charge on any atom is 0.0462 e. The van der Waals surface area contributed by atoms with Crippen LogP contribution in [0, 0.1) is 27.7 Å². The highest BCUT2D eigenvalue weighted by Crippen LogP contribution is 2.41. The highest BCUT2D eigenvalue weighted by atomic mass is 15.1. The van der Waals surface area contributed by atoms with Gasteiger partial charge in [-0.3, -0.25) is 0 Å². The molecule has 0 bridgehead atoms. The van der Waals surface area contributed by atoms with E-state index in [2.05, 4.69) is 219 Å². The molecule has 0 aliphatic heterocycles. The van der Waals surface area contributed by atoms with Crippen LogP contribution in [-0.4, -0.2) is 0 Å². The topological polar surface area (TPSA) is 6.48 Å². The summed E-state index contributed by atoms with van der Waals surface area (Å²) in [5.41, 5.74) is 16.6. The summed E-state index contributed by atoms with van der Waals surface area (Å²) in [7, 11) is 0. The highest BCUT2D eigenvalue weighted by molar-refractivity contribution is 6.06. The average Bonchev–Trinajstić information content (AvgIpc) is 3.18. The lowest BCUT2D eigenvalue weighted by molar-refractivity contribution is 1.27. The largest absolute Gasteiger partial charge is 0.311 e. The van der Waals surface area contributed by atoms with E-state index < -0.39 is 0 Å². The summed E-state index contributed by atoms with van der Waals surface area (Å²) in [6.45, 7) is 8.53. The molecule has 0 aromatic heterocycles. The number of hydrogen-bond acceptors (Lipinski definition) is 2. The van der Waals surface area contributed by atoms with Crippen LogP contribution in [0.3, 0.4) is 0 Å². The molecule has 8 aromatic carbocycles. The summed E-state index contributed by atoms with van der Waals surface area (Å²) in [5, 5.41) is 2.48. The first kappa shape index (κ1) is 32.8. The van der Waals surface area contributed by atoms with Gasteiger partial charge in [0.25, 0.3) is 0 Å². The van der Waals surface area contributed by atoms with Crippen molar-refractivity contribution in [3.05, 3.63) is 204 Å². The fourth-order valence-electron chi connectivity index (χ4n) is 7.07. The van der Waals surface area contributed by atoms with Crippen molar-refractivity contribution in [2.24, 2.45) is 0 Å². The van der Waals surface area contributed by atoms with E-state index in [9.17, 15) is 0 Å². The van der Waals surface area contributed by atoms with Crippen molar-refractivity contribution >= 4 is 44.9 Å². The van der Waals surface area contributed by atoms with Gasteiger partial charge in [-0.1, -0.05) is 131 Å². The van der Waals surface area contributed by atoms with Crippen molar-refractivity contribution in [2.75, 3.05) is 9.80 Å². The number of aryl methyl sites for hydroxylation is 4. The molecule has 0 heterocycles. The van der Waals surface area contributed by atoms with Gasteiger partial charge in [-0.05, 0) is 134 Å². The summed E-state index contributed by atoms with van der Waals surface area (Å²) < 4.78 is 0. The molecular weight excluding hydrogens is 629 g/mol. The molecule has 0 N–H and O–H groups in total. The van der Waals surface area contributed by atoms with Crippen LogP contribution in [0.15, 0.2) is 182 Å². The number of nitrogens with zero attached hydrogens (tertiary/aromatic N) is 2. The third kappa shape index (κ3) is 6.59. The molecule has 0 fully saturated rings. The summed E-state index contributed by atoms with van der Waals surface area (Å²) in [6, 6.07) is 66.4. The van der Waals surface area contributed by atoms with Crippen molar-refractivity contribution in [1.82, 2.24) is 0 Å². The minimum Gasteiger partial charge on any atom is -0.311 e. The van der Waals surface area contributed by atoms with Crippen molar-refractivity contribution in [3.63, 3.8) is 0 Å². The molecule has 0 unspecified atom stereocenters. The van der Waals surface area contributed by atoms with Crippen LogP contribution in [0.25, 0.3) is 33.0 Å². The minimum absolute atomic E-state index is 1.12. The lowest BCUT2D eigenvalue weighted by atomic mass is 9.91. The molecule has 0 aliphatic carbocycles. The molecule has 8 aromatic rings. The first-order chi connectivity index (χ1) is 25.4. The lowest BCUT2D eigenvalue weighted by Crippen LogP contribution is -2.09. The van der Waals surface area contributed by atoms with Crippen molar-refractivity contribution in [3.8, 4) is 22.3 Å². The zero-order valence-corrected chi connectivity index (χ0v) is 30.2. The van der Waals surface area contributed by atoms with Crippen LogP contribution < -0.4 is 9.80 Å². The molecular formula is C50H42N2. The van der Waals surface area contributed by atoms with E-state index in [1.165, 1.54) is 55.3 Å². The molecule has 2 heteroatoms. The molecule has 0 aliphatic rings. The van der Waals surface area contributed by atoms with E-state index in [0.717, 1.165) is 34.1 Å². The van der Waals surface area contributed by atoms with Gasteiger partial charge in [0.05, 0.1) is 0 Å². The second-order valence-electron chi connectivity index (χ2n) is 13.8. The molecule has 252 valence electrons. The van der Waals surface area contributed by atoms with Crippen molar-refractivity contribution < 1.29 is 0 Å². The Morgan fingerprint density at radius 3 is 0.788 bits per heavy atom. The number of fused-ring (bicyclic) bond motifs is 1. The smallest absolute Gasteiger partial charge is 0.0462 e. The molecule has 0 atom stereocenters. The fraction of sp³-hybridized carbons (Fsp3) is 0.0800. The third-order valence-electron chi connectivity index (χ3n) is 9.95. The Balaban J connectivity index is 1.17. The van der Waals surface area contributed by atoms with Crippen LogP contribution in [0.2, 0.25) is 0 Å². The monoisotopic (exact) mass is 670 g/mol. The summed E-state index contributed by atoms with van der Waals surface area (Å²) >= 11 is 0. The average molecular weight is 671 g/mol. The Labute approximate surface area is 307 Å². The van der Waals surface area contributed by atoms with Gasteiger partial charge in [-0.25, -0.2) is 0 Å². The van der Waals surface area contributed by atoms with Gasteiger partial charge in [0, 0.05) is 34.1 Å². The molecule has 52 heavy (non-hydrogen) atoms. The number of rotatable bonds is 8. The van der Waals surface area contributed by atoms with E-state index in [4.69, 9.17) is 0 Å². The zero-order valence-electron chi connectivity index (χ0n) is 30.2. The van der Waals surface area contributed by atoms with Crippen LogP contribution >= 0.6 is 0 Å². The number of anilines is 6. The first-order valence-corrected chi connectivity index (χ1v) is 18.0. The van der Waals surface area contributed by atoms with E-state index in [1.54, 1.807) is 0 Å². The Morgan fingerprint density at radius 1 is 0.269 bits per heavy atom. The Morgan fingerprint density at radius 2 is 0.519 bits per heavy atom. The standard InChI is InChI=1S/C50H42N2/c1-35-11-23-42(24-12-35)51(43-25-13-36(2)14-26-43)46-31-19-39(20-32-46)48-9-5-7-41-8-6-10-49(50(41)48)40-21-33-47(34-22-40)52(44-27-15-37(3)16-28-44)45-29-17-38(4)18-30-45/h5-34H,1-4H3. The molecule has 2 nitrogen and oxygen atoms in total. The van der Waals surface area contributed by atoms with Gasteiger partial charge >= 0.3 is 0 Å². The Bertz CT molecular complexity index is 2180. The molecule has 0 saturated carbocycles. The van der Waals surface area contributed by atoms with Crippen LogP contribution in [0.5, 0.6) is 0 Å². The van der Waals surface area contributed by atoms with Crippen molar-refractivity contribution in [2.45, 2.75) is 27.7 Å². The predicted molar refractivity (Wildman–Crippen MR) is 223 cm³/mol. The zero-order chi connectivity index (χ0) is 35.6. The predicted octanol–water partition coefficient (Wildman–Crippen LogP) is 14.3.